The van der Waals surface area contributed by atoms with E-state index in [0.717, 1.165) is 0 Å². The maximum Gasteiger partial charge on any atom is 0.0917 e. The van der Waals surface area contributed by atoms with Gasteiger partial charge in [0.2, 0.25) is 0 Å². The predicted octanol–water partition coefficient (Wildman–Crippen LogP) is 3.64. The molecular formula is C11H16N2S2. The average molecular weight is 240 g/mol. The molecule has 0 radical (unpaired) electrons. The minimum Gasteiger partial charge on any atom is -0.289 e. The normalized spacial score (nSPS) is 19.3. The maximum atomic E-state index is 5.74. The lowest BCUT2D eigenvalue weighted by molar-refractivity contribution is 0.706. The smallest absolute Gasteiger partial charge is 0.0917 e. The molecule has 1 unspecified atom stereocenters. The van der Waals surface area contributed by atoms with Crippen LogP contribution in [0.25, 0.3) is 0 Å². The molecule has 15 heavy (non-hydrogen) atoms. The van der Waals surface area contributed by atoms with Crippen LogP contribution in [-0.2, 0) is 0 Å². The van der Waals surface area contributed by atoms with E-state index in [2.05, 4.69) is 35.5 Å². The number of unbranched alkanes of at least 4 members (excludes halogenated alkanes) is 1. The van der Waals surface area contributed by atoms with Gasteiger partial charge in [0.25, 0.3) is 0 Å². The Kier molecular flexibility index (Phi) is 3.83. The Hall–Kier alpha value is -0.320. The monoisotopic (exact) mass is 240 g/mol. The average Bonchev–Trinajstić information content (AvgIpc) is 2.63. The van der Waals surface area contributed by atoms with E-state index in [4.69, 9.17) is 5.14 Å². The van der Waals surface area contributed by atoms with Gasteiger partial charge in [-0.15, -0.1) is 0 Å². The van der Waals surface area contributed by atoms with Crippen molar-refractivity contribution in [3.8, 4) is 0 Å². The van der Waals surface area contributed by atoms with E-state index in [1.807, 2.05) is 11.8 Å². The van der Waals surface area contributed by atoms with Gasteiger partial charge in [-0.1, -0.05) is 43.7 Å². The highest BCUT2D eigenvalue weighted by atomic mass is 32.2. The number of thioether (sulfide) groups is 1. The van der Waals surface area contributed by atoms with Gasteiger partial charge in [0.1, 0.15) is 0 Å². The van der Waals surface area contributed by atoms with Crippen LogP contribution in [0.1, 0.15) is 26.2 Å². The molecule has 1 aromatic rings. The van der Waals surface area contributed by atoms with Crippen molar-refractivity contribution < 1.29 is 0 Å². The molecule has 82 valence electrons. The van der Waals surface area contributed by atoms with E-state index < -0.39 is 0 Å². The number of nitrogens with two attached hydrogens (primary N) is 1. The number of hydrogen-bond donors (Lipinski definition) is 1. The fourth-order valence-electron chi connectivity index (χ4n) is 1.77. The minimum atomic E-state index is 0.511. The fourth-order valence-corrected chi connectivity index (χ4v) is 3.85. The maximum absolute atomic E-state index is 5.74. The third-order valence-corrected chi connectivity index (χ3v) is 4.67. The standard InChI is InChI=1S/C11H16N2S2/c1-2-3-8-11-13(15-12)9-6-4-5-7-10(9)14-11/h4-7,11H,2-3,8,12H2,1H3. The van der Waals surface area contributed by atoms with E-state index in [1.165, 1.54) is 42.0 Å². The second-order valence-electron chi connectivity index (χ2n) is 3.61. The van der Waals surface area contributed by atoms with Crippen molar-refractivity contribution in [2.24, 2.45) is 5.14 Å². The number of rotatable bonds is 4. The number of anilines is 1. The Balaban J connectivity index is 2.13. The van der Waals surface area contributed by atoms with Gasteiger partial charge in [-0.3, -0.25) is 9.44 Å². The summed E-state index contributed by atoms with van der Waals surface area (Å²) < 4.78 is 2.23. The summed E-state index contributed by atoms with van der Waals surface area (Å²) in [6, 6.07) is 8.49. The highest BCUT2D eigenvalue weighted by Gasteiger charge is 2.29. The molecule has 0 amide bonds. The summed E-state index contributed by atoms with van der Waals surface area (Å²) in [5.41, 5.74) is 1.27. The number of hydrogen-bond acceptors (Lipinski definition) is 4. The summed E-state index contributed by atoms with van der Waals surface area (Å²) in [5.74, 6) is 0. The first kappa shape index (κ1) is 11.2. The molecule has 0 spiro atoms. The SMILES string of the molecule is CCCCC1Sc2ccccc2N1SN. The van der Waals surface area contributed by atoms with Crippen LogP contribution >= 0.6 is 23.9 Å². The van der Waals surface area contributed by atoms with Gasteiger partial charge in [-0.05, 0) is 18.6 Å². The van der Waals surface area contributed by atoms with Crippen molar-refractivity contribution >= 4 is 29.6 Å². The molecule has 1 aliphatic rings. The van der Waals surface area contributed by atoms with Gasteiger partial charge in [0.05, 0.1) is 11.1 Å². The number of para-hydroxylation sites is 1. The van der Waals surface area contributed by atoms with Crippen molar-refractivity contribution in [1.82, 2.24) is 0 Å². The highest BCUT2D eigenvalue weighted by Crippen LogP contribution is 2.46. The van der Waals surface area contributed by atoms with Gasteiger partial charge >= 0.3 is 0 Å². The van der Waals surface area contributed by atoms with Crippen LogP contribution < -0.4 is 9.44 Å². The van der Waals surface area contributed by atoms with Crippen LogP contribution in [-0.4, -0.2) is 5.37 Å². The number of nitrogens with zero attached hydrogens (tertiary/aromatic N) is 1. The Morgan fingerprint density at radius 3 is 3.00 bits per heavy atom. The lowest BCUT2D eigenvalue weighted by Crippen LogP contribution is -2.23. The van der Waals surface area contributed by atoms with E-state index in [9.17, 15) is 0 Å². The summed E-state index contributed by atoms with van der Waals surface area (Å²) in [5, 5.41) is 6.25. The van der Waals surface area contributed by atoms with E-state index in [-0.39, 0.29) is 0 Å². The summed E-state index contributed by atoms with van der Waals surface area (Å²) in [6.07, 6.45) is 3.72. The largest absolute Gasteiger partial charge is 0.289 e. The summed E-state index contributed by atoms with van der Waals surface area (Å²) >= 11 is 3.28. The van der Waals surface area contributed by atoms with E-state index in [1.54, 1.807) is 0 Å². The molecule has 1 aromatic carbocycles. The predicted molar refractivity (Wildman–Crippen MR) is 69.9 cm³/mol. The third-order valence-electron chi connectivity index (χ3n) is 2.55. The molecule has 1 aliphatic heterocycles. The Bertz CT molecular complexity index is 330. The van der Waals surface area contributed by atoms with Crippen LogP contribution in [0.15, 0.2) is 29.2 Å². The molecule has 2 N–H and O–H groups in total. The van der Waals surface area contributed by atoms with Gasteiger partial charge in [-0.2, -0.15) is 0 Å². The first-order valence-corrected chi connectivity index (χ1v) is 7.00. The molecule has 2 rings (SSSR count). The third kappa shape index (κ3) is 2.27. The number of benzene rings is 1. The van der Waals surface area contributed by atoms with E-state index >= 15 is 0 Å². The molecule has 1 heterocycles. The zero-order chi connectivity index (χ0) is 10.7. The van der Waals surface area contributed by atoms with Crippen LogP contribution in [0, 0.1) is 0 Å². The molecule has 0 aliphatic carbocycles. The second-order valence-corrected chi connectivity index (χ2v) is 5.44. The lowest BCUT2D eigenvalue weighted by Gasteiger charge is -2.22. The van der Waals surface area contributed by atoms with Crippen molar-refractivity contribution in [3.63, 3.8) is 0 Å². The first-order valence-electron chi connectivity index (χ1n) is 5.28. The lowest BCUT2D eigenvalue weighted by atomic mass is 10.2. The van der Waals surface area contributed by atoms with Crippen LogP contribution in [0.4, 0.5) is 5.69 Å². The van der Waals surface area contributed by atoms with Crippen molar-refractivity contribution in [2.45, 2.75) is 36.5 Å². The molecule has 2 nitrogen and oxygen atoms in total. The molecule has 1 atom stereocenters. The summed E-state index contributed by atoms with van der Waals surface area (Å²) in [7, 11) is 0. The first-order chi connectivity index (χ1) is 7.36. The summed E-state index contributed by atoms with van der Waals surface area (Å²) in [4.78, 5) is 1.36. The number of fused-ring (bicyclic) bond motifs is 1. The molecule has 0 aromatic heterocycles. The zero-order valence-electron chi connectivity index (χ0n) is 8.85. The van der Waals surface area contributed by atoms with Gasteiger partial charge in [0, 0.05) is 17.0 Å². The molecule has 0 saturated carbocycles. The Labute approximate surface area is 99.9 Å². The zero-order valence-corrected chi connectivity index (χ0v) is 10.5. The quantitative estimate of drug-likeness (QED) is 0.814. The molecule has 4 heteroatoms. The fraction of sp³-hybridized carbons (Fsp3) is 0.455. The van der Waals surface area contributed by atoms with Crippen LogP contribution in [0.3, 0.4) is 0 Å². The highest BCUT2D eigenvalue weighted by molar-refractivity contribution is 8.04. The molecule has 0 fully saturated rings. The van der Waals surface area contributed by atoms with Crippen molar-refractivity contribution in [1.29, 1.82) is 0 Å². The van der Waals surface area contributed by atoms with Crippen molar-refractivity contribution in [2.75, 3.05) is 4.31 Å². The molecular weight excluding hydrogens is 224 g/mol. The van der Waals surface area contributed by atoms with Crippen molar-refractivity contribution in [3.05, 3.63) is 24.3 Å². The van der Waals surface area contributed by atoms with Crippen LogP contribution in [0.5, 0.6) is 0 Å². The summed E-state index contributed by atoms with van der Waals surface area (Å²) in [6.45, 7) is 2.23. The Morgan fingerprint density at radius 2 is 2.27 bits per heavy atom. The second kappa shape index (κ2) is 5.14. The Morgan fingerprint density at radius 1 is 1.47 bits per heavy atom. The van der Waals surface area contributed by atoms with E-state index in [0.29, 0.717) is 5.37 Å². The topological polar surface area (TPSA) is 29.3 Å². The van der Waals surface area contributed by atoms with Gasteiger partial charge in [0.15, 0.2) is 0 Å². The molecule has 0 bridgehead atoms. The van der Waals surface area contributed by atoms with Gasteiger partial charge < -0.3 is 0 Å². The van der Waals surface area contributed by atoms with Crippen LogP contribution in [0.2, 0.25) is 0 Å². The van der Waals surface area contributed by atoms with Gasteiger partial charge in [-0.25, -0.2) is 0 Å². The molecule has 0 saturated heterocycles. The minimum absolute atomic E-state index is 0.511.